The molecule has 8 nitrogen and oxygen atoms in total. The summed E-state index contributed by atoms with van der Waals surface area (Å²) in [5.74, 6) is -0.00102. The van der Waals surface area contributed by atoms with Crippen LogP contribution in [0.2, 0.25) is 0 Å². The molecule has 0 aliphatic carbocycles. The lowest BCUT2D eigenvalue weighted by molar-refractivity contribution is 0.0925. The van der Waals surface area contributed by atoms with Crippen LogP contribution in [0.3, 0.4) is 0 Å². The van der Waals surface area contributed by atoms with Crippen LogP contribution >= 0.6 is 0 Å². The van der Waals surface area contributed by atoms with E-state index in [4.69, 9.17) is 9.68 Å². The molecule has 35 heavy (non-hydrogen) atoms. The van der Waals surface area contributed by atoms with Crippen molar-refractivity contribution in [3.63, 3.8) is 0 Å². The number of rotatable bonds is 7. The highest BCUT2D eigenvalue weighted by atomic mass is 16.3. The zero-order valence-electron chi connectivity index (χ0n) is 19.4. The van der Waals surface area contributed by atoms with Gasteiger partial charge in [0, 0.05) is 69.2 Å². The van der Waals surface area contributed by atoms with Crippen molar-refractivity contribution in [2.75, 3.05) is 37.6 Å². The first-order valence-corrected chi connectivity index (χ1v) is 11.7. The molecule has 1 aromatic carbocycles. The van der Waals surface area contributed by atoms with Crippen molar-refractivity contribution in [2.24, 2.45) is 0 Å². The van der Waals surface area contributed by atoms with Crippen LogP contribution in [0.1, 0.15) is 27.5 Å². The van der Waals surface area contributed by atoms with Crippen molar-refractivity contribution < 1.29 is 9.21 Å². The maximum Gasteiger partial charge on any atom is 0.287 e. The topological polar surface area (TPSA) is 98.3 Å². The van der Waals surface area contributed by atoms with Crippen LogP contribution in [0.4, 0.5) is 5.69 Å². The number of carbonyl (C=O) groups is 1. The van der Waals surface area contributed by atoms with Gasteiger partial charge < -0.3 is 14.6 Å². The van der Waals surface area contributed by atoms with E-state index in [1.165, 1.54) is 0 Å². The predicted octanol–water partition coefficient (Wildman–Crippen LogP) is 3.39. The maximum atomic E-state index is 12.7. The standard InChI is InChI=1S/C27H26N6O2/c28-17-23-8-7-20(18-30-23)19-31-27(34)25-16-21-4-3-6-24(26(21)35-25)33-14-12-32(13-15-33)11-9-22-5-1-2-10-29-22/h1-8,10,16,18H,9,11-15,19H2,(H,31,34). The SMILES string of the molecule is N#Cc1ccc(CNC(=O)c2cc3cccc(N4CCN(CCc5ccccn5)CC4)c3o2)cn1. The summed E-state index contributed by atoms with van der Waals surface area (Å²) < 4.78 is 6.04. The summed E-state index contributed by atoms with van der Waals surface area (Å²) in [6.45, 7) is 5.03. The number of fused-ring (bicyclic) bond motifs is 1. The number of para-hydroxylation sites is 1. The summed E-state index contributed by atoms with van der Waals surface area (Å²) in [6.07, 6.45) is 4.38. The normalized spacial score (nSPS) is 14.1. The Morgan fingerprint density at radius 1 is 1.06 bits per heavy atom. The summed E-state index contributed by atoms with van der Waals surface area (Å²) >= 11 is 0. The Bertz CT molecular complexity index is 1340. The molecule has 8 heteroatoms. The number of furan rings is 1. The second-order valence-corrected chi connectivity index (χ2v) is 8.55. The molecule has 0 atom stereocenters. The lowest BCUT2D eigenvalue weighted by Crippen LogP contribution is -2.47. The number of anilines is 1. The fraction of sp³-hybridized carbons (Fsp3) is 0.259. The van der Waals surface area contributed by atoms with E-state index in [1.807, 2.05) is 36.5 Å². The van der Waals surface area contributed by atoms with Gasteiger partial charge in [-0.3, -0.25) is 14.7 Å². The molecule has 1 amide bonds. The predicted molar refractivity (Wildman–Crippen MR) is 133 cm³/mol. The molecule has 0 bridgehead atoms. The third-order valence-electron chi connectivity index (χ3n) is 6.26. The highest BCUT2D eigenvalue weighted by Gasteiger charge is 2.21. The molecular weight excluding hydrogens is 440 g/mol. The molecule has 0 spiro atoms. The van der Waals surface area contributed by atoms with Crippen molar-refractivity contribution in [1.29, 1.82) is 5.26 Å². The monoisotopic (exact) mass is 466 g/mol. The molecule has 3 aromatic heterocycles. The van der Waals surface area contributed by atoms with Gasteiger partial charge in [0.1, 0.15) is 11.8 Å². The molecule has 1 aliphatic heterocycles. The molecule has 4 aromatic rings. The summed E-state index contributed by atoms with van der Waals surface area (Å²) in [5.41, 5.74) is 4.03. The minimum Gasteiger partial charge on any atom is -0.449 e. The van der Waals surface area contributed by atoms with E-state index in [-0.39, 0.29) is 11.7 Å². The summed E-state index contributed by atoms with van der Waals surface area (Å²) in [4.78, 5) is 26.0. The van der Waals surface area contributed by atoms with Gasteiger partial charge in [0.2, 0.25) is 0 Å². The second-order valence-electron chi connectivity index (χ2n) is 8.55. The molecule has 0 unspecified atom stereocenters. The van der Waals surface area contributed by atoms with E-state index in [9.17, 15) is 4.79 Å². The fourth-order valence-electron chi connectivity index (χ4n) is 4.30. The maximum absolute atomic E-state index is 12.7. The lowest BCUT2D eigenvalue weighted by Gasteiger charge is -2.36. The van der Waals surface area contributed by atoms with Crippen LogP contribution in [-0.2, 0) is 13.0 Å². The van der Waals surface area contributed by atoms with E-state index in [0.29, 0.717) is 12.2 Å². The average Bonchev–Trinajstić information content (AvgIpc) is 3.37. The Kier molecular flexibility index (Phi) is 6.68. The number of nitrogens with zero attached hydrogens (tertiary/aromatic N) is 5. The molecule has 1 saturated heterocycles. The minimum absolute atomic E-state index is 0.281. The fourth-order valence-corrected chi connectivity index (χ4v) is 4.30. The van der Waals surface area contributed by atoms with Gasteiger partial charge in [-0.25, -0.2) is 4.98 Å². The number of hydrogen-bond donors (Lipinski definition) is 1. The van der Waals surface area contributed by atoms with Gasteiger partial charge in [0.15, 0.2) is 11.3 Å². The van der Waals surface area contributed by atoms with Crippen molar-refractivity contribution in [2.45, 2.75) is 13.0 Å². The Labute approximate surface area is 203 Å². The van der Waals surface area contributed by atoms with Gasteiger partial charge in [-0.2, -0.15) is 5.26 Å². The van der Waals surface area contributed by atoms with Crippen LogP contribution in [-0.4, -0.2) is 53.5 Å². The number of carbonyl (C=O) groups excluding carboxylic acids is 1. The Morgan fingerprint density at radius 3 is 2.69 bits per heavy atom. The number of nitriles is 1. The van der Waals surface area contributed by atoms with Crippen molar-refractivity contribution in [1.82, 2.24) is 20.2 Å². The smallest absolute Gasteiger partial charge is 0.287 e. The van der Waals surface area contributed by atoms with E-state index in [1.54, 1.807) is 24.4 Å². The zero-order valence-corrected chi connectivity index (χ0v) is 19.4. The first-order chi connectivity index (χ1) is 17.2. The number of pyridine rings is 2. The van der Waals surface area contributed by atoms with Crippen molar-refractivity contribution >= 4 is 22.6 Å². The quantitative estimate of drug-likeness (QED) is 0.446. The molecule has 176 valence electrons. The third kappa shape index (κ3) is 5.31. The summed E-state index contributed by atoms with van der Waals surface area (Å²) in [5, 5.41) is 12.6. The van der Waals surface area contributed by atoms with Crippen LogP contribution < -0.4 is 10.2 Å². The number of aromatic nitrogens is 2. The molecular formula is C27H26N6O2. The number of nitrogens with one attached hydrogen (secondary N) is 1. The number of benzene rings is 1. The van der Waals surface area contributed by atoms with E-state index in [0.717, 1.165) is 67.1 Å². The zero-order chi connectivity index (χ0) is 24.0. The van der Waals surface area contributed by atoms with E-state index < -0.39 is 0 Å². The first kappa shape index (κ1) is 22.6. The van der Waals surface area contributed by atoms with Crippen molar-refractivity contribution in [3.05, 3.63) is 89.7 Å². The van der Waals surface area contributed by atoms with E-state index >= 15 is 0 Å². The Balaban J connectivity index is 1.21. The van der Waals surface area contributed by atoms with E-state index in [2.05, 4.69) is 37.2 Å². The Hall–Kier alpha value is -4.22. The van der Waals surface area contributed by atoms with Gasteiger partial charge >= 0.3 is 0 Å². The van der Waals surface area contributed by atoms with Crippen LogP contribution in [0, 0.1) is 11.3 Å². The van der Waals surface area contributed by atoms with Gasteiger partial charge in [0.05, 0.1) is 5.69 Å². The molecule has 0 radical (unpaired) electrons. The number of hydrogen-bond acceptors (Lipinski definition) is 7. The molecule has 1 aliphatic rings. The second kappa shape index (κ2) is 10.4. The summed E-state index contributed by atoms with van der Waals surface area (Å²) in [7, 11) is 0. The molecule has 5 rings (SSSR count). The van der Waals surface area contributed by atoms with Crippen LogP contribution in [0.5, 0.6) is 0 Å². The van der Waals surface area contributed by atoms with Gasteiger partial charge in [0.25, 0.3) is 5.91 Å². The lowest BCUT2D eigenvalue weighted by atomic mass is 10.2. The Morgan fingerprint density at radius 2 is 1.94 bits per heavy atom. The van der Waals surface area contributed by atoms with Gasteiger partial charge in [-0.15, -0.1) is 0 Å². The molecule has 0 saturated carbocycles. The van der Waals surface area contributed by atoms with Crippen LogP contribution in [0.25, 0.3) is 11.0 Å². The average molecular weight is 467 g/mol. The number of amides is 1. The van der Waals surface area contributed by atoms with Gasteiger partial charge in [-0.1, -0.05) is 24.3 Å². The molecule has 1 fully saturated rings. The van der Waals surface area contributed by atoms with Crippen molar-refractivity contribution in [3.8, 4) is 6.07 Å². The number of piperazine rings is 1. The third-order valence-corrected chi connectivity index (χ3v) is 6.26. The van der Waals surface area contributed by atoms with Crippen LogP contribution in [0.15, 0.2) is 71.4 Å². The summed E-state index contributed by atoms with van der Waals surface area (Å²) in [6, 6.07) is 19.3. The minimum atomic E-state index is -0.282. The largest absolute Gasteiger partial charge is 0.449 e. The molecule has 4 heterocycles. The molecule has 1 N–H and O–H groups in total. The highest BCUT2D eigenvalue weighted by Crippen LogP contribution is 2.30. The highest BCUT2D eigenvalue weighted by molar-refractivity contribution is 5.99. The first-order valence-electron chi connectivity index (χ1n) is 11.7. The van der Waals surface area contributed by atoms with Gasteiger partial charge in [-0.05, 0) is 35.9 Å².